The zero-order valence-corrected chi connectivity index (χ0v) is 17.9. The van der Waals surface area contributed by atoms with Gasteiger partial charge in [-0.3, -0.25) is 4.90 Å². The van der Waals surface area contributed by atoms with Gasteiger partial charge in [-0.15, -0.1) is 11.3 Å². The molecule has 1 N–H and O–H groups in total. The molecule has 1 fully saturated rings. The van der Waals surface area contributed by atoms with Crippen LogP contribution in [0.1, 0.15) is 10.4 Å². The number of rotatable bonds is 5. The Kier molecular flexibility index (Phi) is 6.19. The number of carbonyl (C=O) groups excluding carboxylic acids is 1. The van der Waals surface area contributed by atoms with Crippen LogP contribution in [0.2, 0.25) is 0 Å². The minimum Gasteiger partial charge on any atom is -0.337 e. The standard InChI is InChI=1S/C20H26N4O3S2/c25-20(21-8-10-22-9-6-19-17(16-22)7-15-28-19)23-11-13-24(14-12-23)29(26,27)18-4-2-1-3-5-18/h1-5,7,15H,6,8-14,16H2,(H,21,25). The van der Waals surface area contributed by atoms with Crippen LogP contribution >= 0.6 is 11.3 Å². The van der Waals surface area contributed by atoms with Gasteiger partial charge in [-0.2, -0.15) is 4.31 Å². The van der Waals surface area contributed by atoms with Gasteiger partial charge in [0.2, 0.25) is 10.0 Å². The predicted molar refractivity (Wildman–Crippen MR) is 113 cm³/mol. The SMILES string of the molecule is O=C(NCCN1CCc2sccc2C1)N1CCN(S(=O)(=O)c2ccccc2)CC1. The number of amides is 2. The summed E-state index contributed by atoms with van der Waals surface area (Å²) in [4.78, 5) is 18.3. The Hall–Kier alpha value is -1.94. The van der Waals surface area contributed by atoms with Crippen molar-refractivity contribution in [2.24, 2.45) is 0 Å². The number of piperazine rings is 1. The number of benzene rings is 1. The van der Waals surface area contributed by atoms with Crippen LogP contribution in [-0.4, -0.2) is 74.4 Å². The highest BCUT2D eigenvalue weighted by atomic mass is 32.2. The van der Waals surface area contributed by atoms with Crippen molar-refractivity contribution in [2.75, 3.05) is 45.8 Å². The summed E-state index contributed by atoms with van der Waals surface area (Å²) in [5.74, 6) is 0. The van der Waals surface area contributed by atoms with E-state index in [4.69, 9.17) is 0 Å². The third kappa shape index (κ3) is 4.63. The molecule has 1 aromatic heterocycles. The monoisotopic (exact) mass is 434 g/mol. The smallest absolute Gasteiger partial charge is 0.317 e. The highest BCUT2D eigenvalue weighted by Crippen LogP contribution is 2.23. The van der Waals surface area contributed by atoms with Crippen molar-refractivity contribution < 1.29 is 13.2 Å². The predicted octanol–water partition coefficient (Wildman–Crippen LogP) is 1.82. The number of urea groups is 1. The van der Waals surface area contributed by atoms with Crippen molar-refractivity contribution in [1.29, 1.82) is 0 Å². The van der Waals surface area contributed by atoms with Gasteiger partial charge in [-0.1, -0.05) is 18.2 Å². The highest BCUT2D eigenvalue weighted by Gasteiger charge is 2.30. The Bertz CT molecular complexity index is 938. The summed E-state index contributed by atoms with van der Waals surface area (Å²) in [7, 11) is -3.49. The van der Waals surface area contributed by atoms with Crippen molar-refractivity contribution in [3.8, 4) is 0 Å². The number of sulfonamides is 1. The second-order valence-corrected chi connectivity index (χ2v) is 10.3. The summed E-state index contributed by atoms with van der Waals surface area (Å²) < 4.78 is 26.8. The van der Waals surface area contributed by atoms with Crippen LogP contribution in [0.4, 0.5) is 4.79 Å². The molecule has 9 heteroatoms. The van der Waals surface area contributed by atoms with E-state index in [0.29, 0.717) is 37.6 Å². The van der Waals surface area contributed by atoms with Gasteiger partial charge in [0.15, 0.2) is 0 Å². The molecule has 0 radical (unpaired) electrons. The van der Waals surface area contributed by atoms with Crippen molar-refractivity contribution in [2.45, 2.75) is 17.9 Å². The molecule has 29 heavy (non-hydrogen) atoms. The van der Waals surface area contributed by atoms with Gasteiger partial charge in [0.05, 0.1) is 4.90 Å². The van der Waals surface area contributed by atoms with Gasteiger partial charge >= 0.3 is 6.03 Å². The Morgan fingerprint density at radius 3 is 2.55 bits per heavy atom. The van der Waals surface area contributed by atoms with Gasteiger partial charge in [0, 0.05) is 57.2 Å². The first kappa shape index (κ1) is 20.3. The molecule has 3 heterocycles. The lowest BCUT2D eigenvalue weighted by molar-refractivity contribution is 0.169. The molecule has 0 spiro atoms. The fraction of sp³-hybridized carbons (Fsp3) is 0.450. The van der Waals surface area contributed by atoms with E-state index in [1.54, 1.807) is 35.2 Å². The number of nitrogens with zero attached hydrogens (tertiary/aromatic N) is 3. The van der Waals surface area contributed by atoms with Crippen LogP contribution in [-0.2, 0) is 23.0 Å². The Balaban J connectivity index is 1.21. The second kappa shape index (κ2) is 8.83. The average molecular weight is 435 g/mol. The molecule has 0 atom stereocenters. The molecule has 1 aromatic carbocycles. The van der Waals surface area contributed by atoms with Crippen LogP contribution in [0.5, 0.6) is 0 Å². The highest BCUT2D eigenvalue weighted by molar-refractivity contribution is 7.89. The van der Waals surface area contributed by atoms with E-state index in [-0.39, 0.29) is 6.03 Å². The molecule has 0 unspecified atom stereocenters. The normalized spacial score (nSPS) is 18.4. The molecule has 0 aliphatic carbocycles. The average Bonchev–Trinajstić information content (AvgIpc) is 3.22. The van der Waals surface area contributed by atoms with Crippen molar-refractivity contribution in [1.82, 2.24) is 19.4 Å². The molecular weight excluding hydrogens is 408 g/mol. The van der Waals surface area contributed by atoms with Crippen LogP contribution in [0.15, 0.2) is 46.7 Å². The van der Waals surface area contributed by atoms with Crippen molar-refractivity contribution in [3.05, 3.63) is 52.2 Å². The van der Waals surface area contributed by atoms with Gasteiger partial charge in [-0.05, 0) is 35.6 Å². The Morgan fingerprint density at radius 2 is 1.79 bits per heavy atom. The minimum absolute atomic E-state index is 0.116. The molecule has 1 saturated heterocycles. The van der Waals surface area contributed by atoms with Gasteiger partial charge in [0.25, 0.3) is 0 Å². The third-order valence-corrected chi connectivity index (χ3v) is 8.43. The summed E-state index contributed by atoms with van der Waals surface area (Å²) in [6, 6.07) is 10.5. The summed E-state index contributed by atoms with van der Waals surface area (Å²) in [6.07, 6.45) is 1.08. The maximum Gasteiger partial charge on any atom is 0.317 e. The largest absolute Gasteiger partial charge is 0.337 e. The maximum atomic E-state index is 12.7. The summed E-state index contributed by atoms with van der Waals surface area (Å²) in [6.45, 7) is 4.84. The zero-order valence-electron chi connectivity index (χ0n) is 16.3. The molecule has 0 bridgehead atoms. The first-order valence-corrected chi connectivity index (χ1v) is 12.2. The second-order valence-electron chi connectivity index (χ2n) is 7.33. The molecule has 2 aliphatic rings. The van der Waals surface area contributed by atoms with Crippen LogP contribution < -0.4 is 5.32 Å². The van der Waals surface area contributed by atoms with Crippen LogP contribution in [0, 0.1) is 0 Å². The molecule has 0 saturated carbocycles. The summed E-state index contributed by atoms with van der Waals surface area (Å²) in [5, 5.41) is 5.13. The lowest BCUT2D eigenvalue weighted by Gasteiger charge is -2.34. The third-order valence-electron chi connectivity index (χ3n) is 5.50. The molecule has 2 amide bonds. The topological polar surface area (TPSA) is 73.0 Å². The maximum absolute atomic E-state index is 12.7. The number of carbonyl (C=O) groups is 1. The summed E-state index contributed by atoms with van der Waals surface area (Å²) >= 11 is 1.83. The van der Waals surface area contributed by atoms with Crippen molar-refractivity contribution in [3.63, 3.8) is 0 Å². The fourth-order valence-corrected chi connectivity index (χ4v) is 6.14. The minimum atomic E-state index is -3.49. The lowest BCUT2D eigenvalue weighted by atomic mass is 10.1. The van der Waals surface area contributed by atoms with Gasteiger partial charge < -0.3 is 10.2 Å². The molecular formula is C20H26N4O3S2. The van der Waals surface area contributed by atoms with E-state index < -0.39 is 10.0 Å². The van der Waals surface area contributed by atoms with E-state index in [2.05, 4.69) is 21.7 Å². The summed E-state index contributed by atoms with van der Waals surface area (Å²) in [5.41, 5.74) is 1.41. The van der Waals surface area contributed by atoms with E-state index in [0.717, 1.165) is 26.1 Å². The molecule has 2 aromatic rings. The van der Waals surface area contributed by atoms with E-state index in [9.17, 15) is 13.2 Å². The first-order chi connectivity index (χ1) is 14.0. The molecule has 4 rings (SSSR count). The fourth-order valence-electron chi connectivity index (χ4n) is 3.80. The quantitative estimate of drug-likeness (QED) is 0.779. The molecule has 2 aliphatic heterocycles. The molecule has 156 valence electrons. The Morgan fingerprint density at radius 1 is 1.03 bits per heavy atom. The van der Waals surface area contributed by atoms with Gasteiger partial charge in [-0.25, -0.2) is 13.2 Å². The van der Waals surface area contributed by atoms with Gasteiger partial charge in [0.1, 0.15) is 0 Å². The van der Waals surface area contributed by atoms with E-state index in [1.165, 1.54) is 14.7 Å². The van der Waals surface area contributed by atoms with Crippen LogP contribution in [0.25, 0.3) is 0 Å². The first-order valence-electron chi connectivity index (χ1n) is 9.89. The number of thiophene rings is 1. The van der Waals surface area contributed by atoms with Crippen molar-refractivity contribution >= 4 is 27.4 Å². The van der Waals surface area contributed by atoms with E-state index in [1.807, 2.05) is 11.3 Å². The number of nitrogens with one attached hydrogen (secondary N) is 1. The number of fused-ring (bicyclic) bond motifs is 1. The molecule has 7 nitrogen and oxygen atoms in total. The Labute approximate surface area is 176 Å². The lowest BCUT2D eigenvalue weighted by Crippen LogP contribution is -2.53. The van der Waals surface area contributed by atoms with Crippen LogP contribution in [0.3, 0.4) is 0 Å². The zero-order chi connectivity index (χ0) is 20.3. The number of hydrogen-bond donors (Lipinski definition) is 1. The number of hydrogen-bond acceptors (Lipinski definition) is 5. The van der Waals surface area contributed by atoms with E-state index >= 15 is 0 Å².